The van der Waals surface area contributed by atoms with Crippen molar-refractivity contribution >= 4 is 39.1 Å². The molecule has 100 valence electrons. The number of nitrogens with two attached hydrogens (primary N) is 1. The molecule has 0 aliphatic carbocycles. The summed E-state index contributed by atoms with van der Waals surface area (Å²) in [5.41, 5.74) is 0.187. The summed E-state index contributed by atoms with van der Waals surface area (Å²) in [6.07, 6.45) is 1.49. The van der Waals surface area contributed by atoms with Gasteiger partial charge in [0, 0.05) is 12.7 Å². The highest BCUT2D eigenvalue weighted by atomic mass is 35.5. The number of carbonyl (C=O) groups excluding carboxylic acids is 1. The van der Waals surface area contributed by atoms with Crippen LogP contribution in [0.5, 0.6) is 0 Å². The molecule has 0 atom stereocenters. The van der Waals surface area contributed by atoms with Crippen LogP contribution in [0.2, 0.25) is 10.2 Å². The Morgan fingerprint density at radius 1 is 1.44 bits per heavy atom. The van der Waals surface area contributed by atoms with Crippen molar-refractivity contribution in [3.63, 3.8) is 0 Å². The van der Waals surface area contributed by atoms with Crippen LogP contribution in [0.3, 0.4) is 0 Å². The van der Waals surface area contributed by atoms with E-state index in [9.17, 15) is 13.2 Å². The number of sulfonamides is 1. The van der Waals surface area contributed by atoms with Gasteiger partial charge in [0.1, 0.15) is 5.15 Å². The minimum atomic E-state index is -3.51. The first kappa shape index (κ1) is 15.2. The second kappa shape index (κ2) is 6.33. The number of pyridine rings is 1. The predicted molar refractivity (Wildman–Crippen MR) is 69.2 cm³/mol. The fraction of sp³-hybridized carbons (Fsp3) is 0.333. The van der Waals surface area contributed by atoms with Gasteiger partial charge in [-0.15, -0.1) is 0 Å². The Balaban J connectivity index is 2.53. The van der Waals surface area contributed by atoms with E-state index in [0.29, 0.717) is 0 Å². The Hall–Kier alpha value is -0.890. The van der Waals surface area contributed by atoms with Gasteiger partial charge in [0.15, 0.2) is 0 Å². The Kier molecular flexibility index (Phi) is 5.33. The molecule has 1 rings (SSSR count). The summed E-state index contributed by atoms with van der Waals surface area (Å²) in [5.74, 6) is -0.642. The number of aromatic nitrogens is 1. The summed E-state index contributed by atoms with van der Waals surface area (Å²) in [6.45, 7) is 0.172. The topological polar surface area (TPSA) is 102 Å². The lowest BCUT2D eigenvalue weighted by atomic mass is 10.2. The first-order valence-electron chi connectivity index (χ1n) is 4.89. The average molecular weight is 312 g/mol. The van der Waals surface area contributed by atoms with Crippen LogP contribution in [0.1, 0.15) is 16.8 Å². The number of hydrogen-bond acceptors (Lipinski definition) is 4. The van der Waals surface area contributed by atoms with Gasteiger partial charge in [-0.2, -0.15) is 0 Å². The highest BCUT2D eigenvalue weighted by molar-refractivity contribution is 7.89. The maximum absolute atomic E-state index is 11.7. The Bertz CT molecular complexity index is 548. The van der Waals surface area contributed by atoms with Gasteiger partial charge < -0.3 is 5.32 Å². The minimum Gasteiger partial charge on any atom is -0.352 e. The van der Waals surface area contributed by atoms with Crippen LogP contribution in [0.4, 0.5) is 0 Å². The van der Waals surface area contributed by atoms with Crippen LogP contribution in [0.25, 0.3) is 0 Å². The molecule has 3 N–H and O–H groups in total. The molecule has 18 heavy (non-hydrogen) atoms. The molecular formula is C9H11Cl2N3O3S. The van der Waals surface area contributed by atoms with Crippen molar-refractivity contribution in [3.8, 4) is 0 Å². The molecule has 0 unspecified atom stereocenters. The van der Waals surface area contributed by atoms with Crippen LogP contribution in [0, 0.1) is 0 Å². The van der Waals surface area contributed by atoms with Crippen molar-refractivity contribution in [2.45, 2.75) is 6.42 Å². The molecule has 0 aliphatic heterocycles. The number of hydrogen-bond donors (Lipinski definition) is 2. The second-order valence-electron chi connectivity index (χ2n) is 3.46. The lowest BCUT2D eigenvalue weighted by Gasteiger charge is -2.06. The molecule has 0 bridgehead atoms. The van der Waals surface area contributed by atoms with Gasteiger partial charge in [0.25, 0.3) is 5.91 Å². The lowest BCUT2D eigenvalue weighted by molar-refractivity contribution is 0.0953. The zero-order valence-corrected chi connectivity index (χ0v) is 11.5. The van der Waals surface area contributed by atoms with Crippen LogP contribution < -0.4 is 10.5 Å². The van der Waals surface area contributed by atoms with Crippen LogP contribution in [0.15, 0.2) is 12.3 Å². The Morgan fingerprint density at radius 2 is 2.11 bits per heavy atom. The Morgan fingerprint density at radius 3 is 2.72 bits per heavy atom. The number of rotatable bonds is 5. The summed E-state index contributed by atoms with van der Waals surface area (Å²) in [4.78, 5) is 15.4. The summed E-state index contributed by atoms with van der Waals surface area (Å²) in [5, 5.41) is 7.65. The van der Waals surface area contributed by atoms with E-state index in [1.54, 1.807) is 0 Å². The second-order valence-corrected chi connectivity index (χ2v) is 5.99. The molecule has 0 saturated carbocycles. The molecule has 1 aromatic heterocycles. The van der Waals surface area contributed by atoms with Gasteiger partial charge in [0.05, 0.1) is 16.3 Å². The molecule has 0 saturated heterocycles. The first-order chi connectivity index (χ1) is 8.29. The van der Waals surface area contributed by atoms with E-state index in [-0.39, 0.29) is 34.5 Å². The van der Waals surface area contributed by atoms with E-state index < -0.39 is 15.9 Å². The number of primary sulfonamides is 1. The fourth-order valence-electron chi connectivity index (χ4n) is 1.16. The number of nitrogens with one attached hydrogen (secondary N) is 1. The summed E-state index contributed by atoms with van der Waals surface area (Å²) in [7, 11) is -3.51. The predicted octanol–water partition coefficient (Wildman–Crippen LogP) is 0.797. The standard InChI is InChI=1S/C9H11Cl2N3O3S/c10-7-5-14-8(11)4-6(7)9(15)13-2-1-3-18(12,16)17/h4-5H,1-3H2,(H,13,15)(H2,12,16,17). The maximum atomic E-state index is 11.7. The number of nitrogens with zero attached hydrogens (tertiary/aromatic N) is 1. The number of carbonyl (C=O) groups is 1. The van der Waals surface area contributed by atoms with Gasteiger partial charge in [-0.3, -0.25) is 4.79 Å². The van der Waals surface area contributed by atoms with Crippen LogP contribution in [-0.2, 0) is 10.0 Å². The molecule has 6 nitrogen and oxygen atoms in total. The average Bonchev–Trinajstić information content (AvgIpc) is 2.26. The number of amides is 1. The van der Waals surface area contributed by atoms with Crippen molar-refractivity contribution in [2.75, 3.05) is 12.3 Å². The van der Waals surface area contributed by atoms with E-state index in [1.807, 2.05) is 0 Å². The molecule has 0 fully saturated rings. The zero-order valence-electron chi connectivity index (χ0n) is 9.19. The van der Waals surface area contributed by atoms with E-state index in [2.05, 4.69) is 10.3 Å². The van der Waals surface area contributed by atoms with Crippen LogP contribution in [-0.4, -0.2) is 31.6 Å². The van der Waals surface area contributed by atoms with Gasteiger partial charge >= 0.3 is 0 Å². The molecule has 0 aromatic carbocycles. The van der Waals surface area contributed by atoms with E-state index in [1.165, 1.54) is 12.3 Å². The highest BCUT2D eigenvalue weighted by Gasteiger charge is 2.11. The third-order valence-corrected chi connectivity index (χ3v) is 3.32. The largest absolute Gasteiger partial charge is 0.352 e. The molecule has 0 radical (unpaired) electrons. The molecule has 1 aromatic rings. The van der Waals surface area contributed by atoms with Gasteiger partial charge in [-0.25, -0.2) is 18.5 Å². The monoisotopic (exact) mass is 311 g/mol. The quantitative estimate of drug-likeness (QED) is 0.620. The summed E-state index contributed by atoms with van der Waals surface area (Å²) >= 11 is 11.4. The summed E-state index contributed by atoms with van der Waals surface area (Å²) < 4.78 is 21.3. The Labute approximate surface area is 115 Å². The molecule has 9 heteroatoms. The summed E-state index contributed by atoms with van der Waals surface area (Å²) in [6, 6.07) is 1.33. The molecule has 1 heterocycles. The van der Waals surface area contributed by atoms with E-state index in [4.69, 9.17) is 28.3 Å². The van der Waals surface area contributed by atoms with Crippen molar-refractivity contribution in [1.82, 2.24) is 10.3 Å². The zero-order chi connectivity index (χ0) is 13.8. The number of halogens is 2. The minimum absolute atomic E-state index is 0.147. The maximum Gasteiger partial charge on any atom is 0.252 e. The molecular weight excluding hydrogens is 301 g/mol. The molecule has 1 amide bonds. The van der Waals surface area contributed by atoms with Gasteiger partial charge in [-0.05, 0) is 12.5 Å². The van der Waals surface area contributed by atoms with Crippen molar-refractivity contribution in [2.24, 2.45) is 5.14 Å². The smallest absolute Gasteiger partial charge is 0.252 e. The van der Waals surface area contributed by atoms with Crippen molar-refractivity contribution in [1.29, 1.82) is 0 Å². The van der Waals surface area contributed by atoms with E-state index in [0.717, 1.165) is 0 Å². The molecule has 0 aliphatic rings. The van der Waals surface area contributed by atoms with Gasteiger partial charge in [-0.1, -0.05) is 23.2 Å². The lowest BCUT2D eigenvalue weighted by Crippen LogP contribution is -2.27. The highest BCUT2D eigenvalue weighted by Crippen LogP contribution is 2.17. The van der Waals surface area contributed by atoms with Gasteiger partial charge in [0.2, 0.25) is 10.0 Å². The van der Waals surface area contributed by atoms with Crippen molar-refractivity contribution in [3.05, 3.63) is 28.0 Å². The normalized spacial score (nSPS) is 11.3. The van der Waals surface area contributed by atoms with Crippen molar-refractivity contribution < 1.29 is 13.2 Å². The van der Waals surface area contributed by atoms with Crippen LogP contribution >= 0.6 is 23.2 Å². The fourth-order valence-corrected chi connectivity index (χ4v) is 2.05. The molecule has 0 spiro atoms. The first-order valence-corrected chi connectivity index (χ1v) is 7.36. The third-order valence-electron chi connectivity index (χ3n) is 1.96. The third kappa shape index (κ3) is 5.18. The SMILES string of the molecule is NS(=O)(=O)CCCNC(=O)c1cc(Cl)ncc1Cl. The van der Waals surface area contributed by atoms with E-state index >= 15 is 0 Å².